The molecule has 0 radical (unpaired) electrons. The van der Waals surface area contributed by atoms with E-state index in [1.54, 1.807) is 35.9 Å². The molecule has 0 fully saturated rings. The van der Waals surface area contributed by atoms with Crippen LogP contribution in [0.15, 0.2) is 65.1 Å². The van der Waals surface area contributed by atoms with Crippen LogP contribution in [0.25, 0.3) is 17.0 Å². The first kappa shape index (κ1) is 19.8. The third-order valence-electron chi connectivity index (χ3n) is 4.33. The lowest BCUT2D eigenvalue weighted by Gasteiger charge is -2.09. The van der Waals surface area contributed by atoms with E-state index in [4.69, 9.17) is 9.47 Å². The monoisotopic (exact) mass is 467 g/mol. The van der Waals surface area contributed by atoms with Gasteiger partial charge in [0.15, 0.2) is 11.5 Å². The first-order valence-corrected chi connectivity index (χ1v) is 9.97. The second-order valence-electron chi connectivity index (χ2n) is 6.28. The fourth-order valence-electron chi connectivity index (χ4n) is 2.87. The molecule has 0 aliphatic heterocycles. The minimum Gasteiger partial charge on any atom is -0.496 e. The first-order valence-electron chi connectivity index (χ1n) is 9.18. The Morgan fingerprint density at radius 2 is 1.87 bits per heavy atom. The van der Waals surface area contributed by atoms with E-state index >= 15 is 0 Å². The predicted octanol–water partition coefficient (Wildman–Crippen LogP) is 3.37. The Morgan fingerprint density at radius 1 is 1.07 bits per heavy atom. The highest BCUT2D eigenvalue weighted by atomic mass is 79.9. The highest BCUT2D eigenvalue weighted by molar-refractivity contribution is 9.10. The molecule has 0 saturated carbocycles. The fraction of sp³-hybridized carbons (Fsp3) is 0.143. The SMILES string of the molecule is COc1ccccc1-c1nnc2ccc(OCCNC(=O)c3ccc(Br)cc3)nn12. The molecule has 0 atom stereocenters. The zero-order chi connectivity index (χ0) is 20.9. The number of carbonyl (C=O) groups excluding carboxylic acids is 1. The normalized spacial score (nSPS) is 10.7. The smallest absolute Gasteiger partial charge is 0.251 e. The summed E-state index contributed by atoms with van der Waals surface area (Å²) in [5, 5.41) is 15.7. The third-order valence-corrected chi connectivity index (χ3v) is 4.86. The van der Waals surface area contributed by atoms with Gasteiger partial charge < -0.3 is 14.8 Å². The summed E-state index contributed by atoms with van der Waals surface area (Å²) < 4.78 is 13.6. The lowest BCUT2D eigenvalue weighted by Crippen LogP contribution is -2.28. The van der Waals surface area contributed by atoms with Crippen LogP contribution in [0.2, 0.25) is 0 Å². The molecule has 0 aliphatic carbocycles. The maximum atomic E-state index is 12.1. The van der Waals surface area contributed by atoms with Gasteiger partial charge in [-0.25, -0.2) is 0 Å². The Balaban J connectivity index is 1.43. The van der Waals surface area contributed by atoms with E-state index in [-0.39, 0.29) is 12.5 Å². The third kappa shape index (κ3) is 4.25. The second-order valence-corrected chi connectivity index (χ2v) is 7.19. The summed E-state index contributed by atoms with van der Waals surface area (Å²) in [6, 6.07) is 18.2. The fourth-order valence-corrected chi connectivity index (χ4v) is 3.13. The van der Waals surface area contributed by atoms with Crippen LogP contribution < -0.4 is 14.8 Å². The maximum absolute atomic E-state index is 12.1. The van der Waals surface area contributed by atoms with E-state index in [1.807, 2.05) is 36.4 Å². The lowest BCUT2D eigenvalue weighted by atomic mass is 10.2. The number of nitrogens with one attached hydrogen (secondary N) is 1. The lowest BCUT2D eigenvalue weighted by molar-refractivity contribution is 0.0946. The molecular weight excluding hydrogens is 450 g/mol. The minimum absolute atomic E-state index is 0.160. The summed E-state index contributed by atoms with van der Waals surface area (Å²) in [5.74, 6) is 1.47. The average molecular weight is 468 g/mol. The zero-order valence-corrected chi connectivity index (χ0v) is 17.7. The van der Waals surface area contributed by atoms with Crippen molar-refractivity contribution in [3.05, 3.63) is 70.7 Å². The van der Waals surface area contributed by atoms with Crippen molar-refractivity contribution in [2.75, 3.05) is 20.3 Å². The molecule has 1 N–H and O–H groups in total. The molecule has 0 saturated heterocycles. The van der Waals surface area contributed by atoms with Crippen molar-refractivity contribution in [3.63, 3.8) is 0 Å². The van der Waals surface area contributed by atoms with Crippen LogP contribution in [-0.4, -0.2) is 46.0 Å². The molecule has 8 nitrogen and oxygen atoms in total. The summed E-state index contributed by atoms with van der Waals surface area (Å²) in [7, 11) is 1.60. The minimum atomic E-state index is -0.160. The Morgan fingerprint density at radius 3 is 2.67 bits per heavy atom. The van der Waals surface area contributed by atoms with Gasteiger partial charge >= 0.3 is 0 Å². The number of ether oxygens (including phenoxy) is 2. The van der Waals surface area contributed by atoms with Crippen LogP contribution in [0.5, 0.6) is 11.6 Å². The van der Waals surface area contributed by atoms with Crippen molar-refractivity contribution in [2.24, 2.45) is 0 Å². The number of benzene rings is 2. The maximum Gasteiger partial charge on any atom is 0.251 e. The molecule has 2 heterocycles. The van der Waals surface area contributed by atoms with Crippen molar-refractivity contribution >= 4 is 27.5 Å². The van der Waals surface area contributed by atoms with Gasteiger partial charge in [0.2, 0.25) is 5.88 Å². The molecule has 4 aromatic rings. The molecule has 0 aliphatic rings. The number of amides is 1. The van der Waals surface area contributed by atoms with Gasteiger partial charge in [0.05, 0.1) is 19.2 Å². The summed E-state index contributed by atoms with van der Waals surface area (Å²) >= 11 is 3.35. The number of nitrogens with zero attached hydrogens (tertiary/aromatic N) is 4. The molecule has 0 spiro atoms. The molecule has 0 bridgehead atoms. The van der Waals surface area contributed by atoms with Crippen LogP contribution in [0.4, 0.5) is 0 Å². The number of carbonyl (C=O) groups is 1. The van der Waals surface area contributed by atoms with Crippen molar-refractivity contribution in [3.8, 4) is 23.0 Å². The van der Waals surface area contributed by atoms with Crippen LogP contribution in [-0.2, 0) is 0 Å². The summed E-state index contributed by atoms with van der Waals surface area (Å²) in [5.41, 5.74) is 1.95. The van der Waals surface area contributed by atoms with Gasteiger partial charge in [-0.2, -0.15) is 4.52 Å². The van der Waals surface area contributed by atoms with Gasteiger partial charge in [-0.05, 0) is 42.5 Å². The summed E-state index contributed by atoms with van der Waals surface area (Å²) in [4.78, 5) is 12.1. The van der Waals surface area contributed by atoms with Crippen LogP contribution in [0.1, 0.15) is 10.4 Å². The van der Waals surface area contributed by atoms with Gasteiger partial charge in [0.1, 0.15) is 12.4 Å². The average Bonchev–Trinajstić information content (AvgIpc) is 3.20. The van der Waals surface area contributed by atoms with E-state index in [0.29, 0.717) is 35.2 Å². The molecule has 30 heavy (non-hydrogen) atoms. The largest absolute Gasteiger partial charge is 0.496 e. The zero-order valence-electron chi connectivity index (χ0n) is 16.1. The molecule has 9 heteroatoms. The van der Waals surface area contributed by atoms with E-state index in [9.17, 15) is 4.79 Å². The van der Waals surface area contributed by atoms with E-state index < -0.39 is 0 Å². The standard InChI is InChI=1S/C21H18BrN5O3/c1-29-17-5-3-2-4-16(17)20-25-24-18-10-11-19(26-27(18)20)30-13-12-23-21(28)14-6-8-15(22)9-7-14/h2-11H,12-13H2,1H3,(H,23,28). The molecule has 0 unspecified atom stereocenters. The highest BCUT2D eigenvalue weighted by Gasteiger charge is 2.14. The number of hydrogen-bond donors (Lipinski definition) is 1. The van der Waals surface area contributed by atoms with Crippen LogP contribution >= 0.6 is 15.9 Å². The molecule has 4 rings (SSSR count). The Bertz CT molecular complexity index is 1180. The molecule has 1 amide bonds. The highest BCUT2D eigenvalue weighted by Crippen LogP contribution is 2.28. The van der Waals surface area contributed by atoms with E-state index in [1.165, 1.54) is 0 Å². The van der Waals surface area contributed by atoms with Gasteiger partial charge in [-0.15, -0.1) is 15.3 Å². The van der Waals surface area contributed by atoms with Gasteiger partial charge in [0.25, 0.3) is 5.91 Å². The number of hydrogen-bond acceptors (Lipinski definition) is 6. The molecule has 152 valence electrons. The van der Waals surface area contributed by atoms with Crippen molar-refractivity contribution in [1.29, 1.82) is 0 Å². The number of halogens is 1. The van der Waals surface area contributed by atoms with Gasteiger partial charge in [-0.3, -0.25) is 4.79 Å². The predicted molar refractivity (Wildman–Crippen MR) is 115 cm³/mol. The van der Waals surface area contributed by atoms with Crippen molar-refractivity contribution in [1.82, 2.24) is 25.1 Å². The van der Waals surface area contributed by atoms with Crippen molar-refractivity contribution in [2.45, 2.75) is 0 Å². The molecule has 2 aromatic carbocycles. The quantitative estimate of drug-likeness (QED) is 0.419. The van der Waals surface area contributed by atoms with Gasteiger partial charge in [-0.1, -0.05) is 28.1 Å². The Kier molecular flexibility index (Phi) is 5.89. The first-order chi connectivity index (χ1) is 14.7. The number of aromatic nitrogens is 4. The van der Waals surface area contributed by atoms with E-state index in [0.717, 1.165) is 10.0 Å². The number of methoxy groups -OCH3 is 1. The van der Waals surface area contributed by atoms with E-state index in [2.05, 4.69) is 36.5 Å². The summed E-state index contributed by atoms with van der Waals surface area (Å²) in [6.45, 7) is 0.614. The second kappa shape index (κ2) is 8.91. The Labute approximate surface area is 181 Å². The number of fused-ring (bicyclic) bond motifs is 1. The van der Waals surface area contributed by atoms with Crippen LogP contribution in [0, 0.1) is 0 Å². The Hall–Kier alpha value is -3.46. The number of rotatable bonds is 7. The number of para-hydroxylation sites is 1. The molecular formula is C21H18BrN5O3. The topological polar surface area (TPSA) is 90.6 Å². The summed E-state index contributed by atoms with van der Waals surface area (Å²) in [6.07, 6.45) is 0. The van der Waals surface area contributed by atoms with Gasteiger partial charge in [0, 0.05) is 16.1 Å². The van der Waals surface area contributed by atoms with Crippen molar-refractivity contribution < 1.29 is 14.3 Å². The molecule has 2 aromatic heterocycles. The van der Waals surface area contributed by atoms with Crippen LogP contribution in [0.3, 0.4) is 0 Å².